The van der Waals surface area contributed by atoms with Crippen LogP contribution in [0.3, 0.4) is 0 Å². The Bertz CT molecular complexity index is 332. The Morgan fingerprint density at radius 3 is 2.24 bits per heavy atom. The number of aliphatic carboxylic acids is 1. The van der Waals surface area contributed by atoms with Crippen LogP contribution in [0, 0.1) is 11.8 Å². The van der Waals surface area contributed by atoms with Crippen LogP contribution in [-0.4, -0.2) is 23.0 Å². The first-order valence-electron chi connectivity index (χ1n) is 6.36. The third kappa shape index (κ3) is 2.87. The van der Waals surface area contributed by atoms with Crippen LogP contribution < -0.4 is 5.32 Å². The topological polar surface area (TPSA) is 66.4 Å². The summed E-state index contributed by atoms with van der Waals surface area (Å²) in [4.78, 5) is 23.2. The van der Waals surface area contributed by atoms with E-state index in [0.29, 0.717) is 12.8 Å². The highest BCUT2D eigenvalue weighted by Gasteiger charge is 2.34. The Morgan fingerprint density at radius 1 is 1.06 bits per heavy atom. The maximum Gasteiger partial charge on any atom is 0.307 e. The first kappa shape index (κ1) is 12.1. The van der Waals surface area contributed by atoms with Crippen LogP contribution in [0.15, 0.2) is 12.2 Å². The Hall–Kier alpha value is -1.32. The van der Waals surface area contributed by atoms with E-state index in [1.807, 2.05) is 12.2 Å². The lowest BCUT2D eigenvalue weighted by molar-refractivity contribution is -0.147. The van der Waals surface area contributed by atoms with E-state index in [-0.39, 0.29) is 11.9 Å². The van der Waals surface area contributed by atoms with Gasteiger partial charge in [0.25, 0.3) is 0 Å². The molecule has 0 heterocycles. The van der Waals surface area contributed by atoms with Crippen molar-refractivity contribution in [2.24, 2.45) is 11.8 Å². The lowest BCUT2D eigenvalue weighted by Crippen LogP contribution is -2.42. The van der Waals surface area contributed by atoms with Gasteiger partial charge < -0.3 is 10.4 Å². The van der Waals surface area contributed by atoms with E-state index >= 15 is 0 Å². The molecule has 2 rings (SSSR count). The van der Waals surface area contributed by atoms with Crippen molar-refractivity contribution < 1.29 is 14.7 Å². The van der Waals surface area contributed by atoms with Gasteiger partial charge in [-0.25, -0.2) is 0 Å². The molecule has 0 bridgehead atoms. The standard InChI is InChI=1S/C13H19NO3/c15-12(14-9-5-1-2-6-9)10-7-3-4-8-11(10)13(16)17/h3-4,9-11H,1-2,5-8H2,(H,14,15)(H,16,17)/t10-,11+/m0/s1. The van der Waals surface area contributed by atoms with Crippen LogP contribution in [0.2, 0.25) is 0 Å². The number of hydrogen-bond donors (Lipinski definition) is 2. The molecule has 0 unspecified atom stereocenters. The molecule has 4 heteroatoms. The molecule has 2 N–H and O–H groups in total. The molecule has 1 fully saturated rings. The van der Waals surface area contributed by atoms with E-state index in [1.54, 1.807) is 0 Å². The second kappa shape index (κ2) is 5.34. The summed E-state index contributed by atoms with van der Waals surface area (Å²) in [5, 5.41) is 12.1. The molecular weight excluding hydrogens is 218 g/mol. The van der Waals surface area contributed by atoms with Crippen LogP contribution in [0.1, 0.15) is 38.5 Å². The number of carboxylic acids is 1. The molecule has 4 nitrogen and oxygen atoms in total. The zero-order chi connectivity index (χ0) is 12.3. The highest BCUT2D eigenvalue weighted by atomic mass is 16.4. The lowest BCUT2D eigenvalue weighted by atomic mass is 9.82. The maximum absolute atomic E-state index is 12.1. The van der Waals surface area contributed by atoms with Gasteiger partial charge in [0.1, 0.15) is 0 Å². The second-order valence-corrected chi connectivity index (χ2v) is 4.98. The van der Waals surface area contributed by atoms with E-state index in [0.717, 1.165) is 25.7 Å². The molecule has 0 radical (unpaired) electrons. The van der Waals surface area contributed by atoms with Gasteiger partial charge in [0.15, 0.2) is 0 Å². The molecule has 94 valence electrons. The van der Waals surface area contributed by atoms with E-state index in [2.05, 4.69) is 5.32 Å². The molecule has 1 saturated carbocycles. The number of carbonyl (C=O) groups is 2. The van der Waals surface area contributed by atoms with Gasteiger partial charge in [0.2, 0.25) is 5.91 Å². The van der Waals surface area contributed by atoms with Crippen LogP contribution in [0.4, 0.5) is 0 Å². The zero-order valence-electron chi connectivity index (χ0n) is 9.89. The second-order valence-electron chi connectivity index (χ2n) is 4.98. The molecule has 2 atom stereocenters. The summed E-state index contributed by atoms with van der Waals surface area (Å²) in [6.45, 7) is 0. The van der Waals surface area contributed by atoms with Gasteiger partial charge in [0.05, 0.1) is 11.8 Å². The van der Waals surface area contributed by atoms with Crippen molar-refractivity contribution in [3.63, 3.8) is 0 Å². The van der Waals surface area contributed by atoms with Gasteiger partial charge in [-0.1, -0.05) is 25.0 Å². The van der Waals surface area contributed by atoms with Crippen molar-refractivity contribution in [2.45, 2.75) is 44.6 Å². The van der Waals surface area contributed by atoms with E-state index in [4.69, 9.17) is 5.11 Å². The minimum absolute atomic E-state index is 0.0753. The van der Waals surface area contributed by atoms with Crippen LogP contribution >= 0.6 is 0 Å². The number of amides is 1. The van der Waals surface area contributed by atoms with Crippen molar-refractivity contribution >= 4 is 11.9 Å². The number of carboxylic acid groups (broad SMARTS) is 1. The summed E-state index contributed by atoms with van der Waals surface area (Å²) in [7, 11) is 0. The highest BCUT2D eigenvalue weighted by Crippen LogP contribution is 2.27. The Labute approximate surface area is 101 Å². The molecule has 17 heavy (non-hydrogen) atoms. The summed E-state index contributed by atoms with van der Waals surface area (Å²) < 4.78 is 0. The number of hydrogen-bond acceptors (Lipinski definition) is 2. The van der Waals surface area contributed by atoms with Crippen LogP contribution in [0.25, 0.3) is 0 Å². The van der Waals surface area contributed by atoms with E-state index in [9.17, 15) is 9.59 Å². The van der Waals surface area contributed by atoms with Gasteiger partial charge in [-0.15, -0.1) is 0 Å². The lowest BCUT2D eigenvalue weighted by Gasteiger charge is -2.25. The summed E-state index contributed by atoms with van der Waals surface area (Å²) in [5.41, 5.74) is 0. The minimum Gasteiger partial charge on any atom is -0.481 e. The van der Waals surface area contributed by atoms with Gasteiger partial charge in [0, 0.05) is 6.04 Å². The molecule has 2 aliphatic rings. The summed E-state index contributed by atoms with van der Waals surface area (Å²) in [6, 6.07) is 0.267. The molecule has 0 aromatic heterocycles. The normalized spacial score (nSPS) is 29.2. The van der Waals surface area contributed by atoms with Crippen molar-refractivity contribution in [2.75, 3.05) is 0 Å². The molecule has 0 aromatic rings. The Kier molecular flexibility index (Phi) is 3.82. The summed E-state index contributed by atoms with van der Waals surface area (Å²) in [5.74, 6) is -1.88. The fraction of sp³-hybridized carbons (Fsp3) is 0.692. The maximum atomic E-state index is 12.1. The molecule has 0 saturated heterocycles. The molecule has 0 aliphatic heterocycles. The van der Waals surface area contributed by atoms with Crippen molar-refractivity contribution in [1.82, 2.24) is 5.32 Å². The van der Waals surface area contributed by atoms with Crippen LogP contribution in [-0.2, 0) is 9.59 Å². The van der Waals surface area contributed by atoms with E-state index < -0.39 is 17.8 Å². The zero-order valence-corrected chi connectivity index (χ0v) is 9.89. The summed E-state index contributed by atoms with van der Waals surface area (Å²) in [6.07, 6.45) is 9.19. The molecule has 0 aromatic carbocycles. The number of carbonyl (C=O) groups excluding carboxylic acids is 1. The fourth-order valence-corrected chi connectivity index (χ4v) is 2.76. The third-order valence-electron chi connectivity index (χ3n) is 3.79. The Balaban J connectivity index is 1.96. The first-order chi connectivity index (χ1) is 8.18. The number of nitrogens with one attached hydrogen (secondary N) is 1. The quantitative estimate of drug-likeness (QED) is 0.734. The third-order valence-corrected chi connectivity index (χ3v) is 3.79. The SMILES string of the molecule is O=C(NC1CCCC1)[C@H]1CC=CC[C@H]1C(=O)O. The van der Waals surface area contributed by atoms with Gasteiger partial charge in [-0.2, -0.15) is 0 Å². The van der Waals surface area contributed by atoms with Crippen molar-refractivity contribution in [3.05, 3.63) is 12.2 Å². The van der Waals surface area contributed by atoms with Gasteiger partial charge in [-0.3, -0.25) is 9.59 Å². The average molecular weight is 237 g/mol. The fourth-order valence-electron chi connectivity index (χ4n) is 2.76. The smallest absolute Gasteiger partial charge is 0.307 e. The predicted molar refractivity (Wildman–Crippen MR) is 63.4 cm³/mol. The molecule has 2 aliphatic carbocycles. The van der Waals surface area contributed by atoms with Gasteiger partial charge >= 0.3 is 5.97 Å². The largest absolute Gasteiger partial charge is 0.481 e. The minimum atomic E-state index is -0.860. The van der Waals surface area contributed by atoms with Crippen LogP contribution in [0.5, 0.6) is 0 Å². The van der Waals surface area contributed by atoms with E-state index in [1.165, 1.54) is 0 Å². The highest BCUT2D eigenvalue weighted by molar-refractivity contribution is 5.85. The monoisotopic (exact) mass is 237 g/mol. The first-order valence-corrected chi connectivity index (χ1v) is 6.36. The number of allylic oxidation sites excluding steroid dienone is 2. The predicted octanol–water partition coefficient (Wildman–Crippen LogP) is 1.71. The Morgan fingerprint density at radius 2 is 1.65 bits per heavy atom. The molecule has 0 spiro atoms. The van der Waals surface area contributed by atoms with Crippen molar-refractivity contribution in [1.29, 1.82) is 0 Å². The number of rotatable bonds is 3. The molecule has 1 amide bonds. The van der Waals surface area contributed by atoms with Gasteiger partial charge in [-0.05, 0) is 25.7 Å². The van der Waals surface area contributed by atoms with Crippen molar-refractivity contribution in [3.8, 4) is 0 Å². The summed E-state index contributed by atoms with van der Waals surface area (Å²) >= 11 is 0. The molecular formula is C13H19NO3. The average Bonchev–Trinajstić information content (AvgIpc) is 2.81.